The van der Waals surface area contributed by atoms with Gasteiger partial charge in [-0.1, -0.05) is 58.4 Å². The topological polar surface area (TPSA) is 117 Å². The van der Waals surface area contributed by atoms with Crippen LogP contribution < -0.4 is 10.6 Å². The van der Waals surface area contributed by atoms with Crippen LogP contribution in [0.4, 0.5) is 4.39 Å². The minimum Gasteiger partial charge on any atom is -0.408 e. The van der Waals surface area contributed by atoms with E-state index in [1.54, 1.807) is 12.1 Å². The van der Waals surface area contributed by atoms with E-state index < -0.39 is 35.5 Å². The van der Waals surface area contributed by atoms with Crippen molar-refractivity contribution in [2.75, 3.05) is 14.1 Å². The van der Waals surface area contributed by atoms with Gasteiger partial charge in [0.1, 0.15) is 5.82 Å². The molecule has 3 rings (SSSR count). The molecule has 1 saturated carbocycles. The highest BCUT2D eigenvalue weighted by Crippen LogP contribution is 2.27. The average Bonchev–Trinajstić information content (AvgIpc) is 3.31. The van der Waals surface area contributed by atoms with Gasteiger partial charge in [-0.05, 0) is 51.4 Å². The first-order valence-electron chi connectivity index (χ1n) is 13.5. The molecule has 1 unspecified atom stereocenters. The fourth-order valence-corrected chi connectivity index (χ4v) is 5.33. The molecule has 1 aromatic carbocycles. The molecule has 11 heteroatoms. The Morgan fingerprint density at radius 3 is 2.49 bits per heavy atom. The van der Waals surface area contributed by atoms with Gasteiger partial charge >= 0.3 is 0 Å². The van der Waals surface area contributed by atoms with Gasteiger partial charge in [0.15, 0.2) is 0 Å². The molecule has 0 bridgehead atoms. The van der Waals surface area contributed by atoms with Crippen molar-refractivity contribution in [3.05, 3.63) is 41.0 Å². The number of hydrogen-bond acceptors (Lipinski definition) is 8. The van der Waals surface area contributed by atoms with Crippen molar-refractivity contribution in [3.8, 4) is 0 Å². The summed E-state index contributed by atoms with van der Waals surface area (Å²) in [5, 5.41) is 14.2. The molecule has 1 aromatic heterocycles. The fraction of sp³-hybridized carbons (Fsp3) is 0.607. The van der Waals surface area contributed by atoms with E-state index >= 15 is 0 Å². The van der Waals surface area contributed by atoms with Crippen molar-refractivity contribution in [3.63, 3.8) is 0 Å². The highest BCUT2D eigenvalue weighted by atomic mass is 32.2. The van der Waals surface area contributed by atoms with Gasteiger partial charge in [0.2, 0.25) is 11.7 Å². The normalized spacial score (nSPS) is 18.4. The number of nitrogens with zero attached hydrogens (tertiary/aromatic N) is 3. The van der Waals surface area contributed by atoms with E-state index in [-0.39, 0.29) is 28.5 Å². The summed E-state index contributed by atoms with van der Waals surface area (Å²) in [6.07, 6.45) is 3.29. The third kappa shape index (κ3) is 8.86. The summed E-state index contributed by atoms with van der Waals surface area (Å²) in [4.78, 5) is 41.5. The van der Waals surface area contributed by atoms with Crippen molar-refractivity contribution in [2.24, 2.45) is 11.8 Å². The number of Topliss-reactive ketones (excluding diaryl/α,β-unsaturated/α-hetero) is 1. The van der Waals surface area contributed by atoms with E-state index in [4.69, 9.17) is 4.42 Å². The fourth-order valence-electron chi connectivity index (χ4n) is 4.72. The molecule has 0 saturated heterocycles. The first kappa shape index (κ1) is 30.7. The minimum atomic E-state index is -0.827. The zero-order valence-electron chi connectivity index (χ0n) is 23.6. The third-order valence-corrected chi connectivity index (χ3v) is 7.35. The zero-order valence-corrected chi connectivity index (χ0v) is 24.4. The Bertz CT molecular complexity index is 1150. The SMILES string of the molecule is CC(C)CC(NC(=O)[C@@H]1CCCC[C@@H]1NC(=O)c1ccc(CN(C)C)c(F)c1)C(=O)c1nnc(SC(C)C)o1. The number of carbonyl (C=O) groups is 3. The molecular formula is C28H40FN5O4S. The molecule has 39 heavy (non-hydrogen) atoms. The van der Waals surface area contributed by atoms with Crippen LogP contribution in [0.5, 0.6) is 0 Å². The van der Waals surface area contributed by atoms with Crippen LogP contribution in [0.2, 0.25) is 0 Å². The van der Waals surface area contributed by atoms with Crippen LogP contribution >= 0.6 is 11.8 Å². The molecular weight excluding hydrogens is 521 g/mol. The number of halogens is 1. The van der Waals surface area contributed by atoms with E-state index in [9.17, 15) is 18.8 Å². The summed E-state index contributed by atoms with van der Waals surface area (Å²) in [5.41, 5.74) is 0.711. The number of aromatic nitrogens is 2. The third-order valence-electron chi connectivity index (χ3n) is 6.51. The zero-order chi connectivity index (χ0) is 28.7. The van der Waals surface area contributed by atoms with Crippen molar-refractivity contribution in [2.45, 2.75) is 88.9 Å². The largest absolute Gasteiger partial charge is 0.408 e. The summed E-state index contributed by atoms with van der Waals surface area (Å²) in [6, 6.07) is 3.19. The lowest BCUT2D eigenvalue weighted by atomic mass is 9.83. The number of rotatable bonds is 12. The maximum atomic E-state index is 14.6. The van der Waals surface area contributed by atoms with E-state index in [0.29, 0.717) is 36.6 Å². The summed E-state index contributed by atoms with van der Waals surface area (Å²) >= 11 is 1.36. The number of ketones is 1. The first-order valence-corrected chi connectivity index (χ1v) is 14.4. The quantitative estimate of drug-likeness (QED) is 0.288. The van der Waals surface area contributed by atoms with Crippen LogP contribution in [0.3, 0.4) is 0 Å². The van der Waals surface area contributed by atoms with E-state index in [0.717, 1.165) is 12.8 Å². The monoisotopic (exact) mass is 561 g/mol. The highest BCUT2D eigenvalue weighted by molar-refractivity contribution is 7.99. The maximum absolute atomic E-state index is 14.6. The van der Waals surface area contributed by atoms with E-state index in [1.165, 1.54) is 17.8 Å². The summed E-state index contributed by atoms with van der Waals surface area (Å²) in [6.45, 7) is 8.32. The maximum Gasteiger partial charge on any atom is 0.286 e. The summed E-state index contributed by atoms with van der Waals surface area (Å²) in [7, 11) is 3.69. The molecule has 1 fully saturated rings. The molecule has 2 N–H and O–H groups in total. The molecule has 2 aromatic rings. The molecule has 1 aliphatic rings. The van der Waals surface area contributed by atoms with Crippen LogP contribution in [0.15, 0.2) is 27.8 Å². The highest BCUT2D eigenvalue weighted by Gasteiger charge is 2.35. The summed E-state index contributed by atoms with van der Waals surface area (Å²) < 4.78 is 20.1. The van der Waals surface area contributed by atoms with Crippen molar-refractivity contribution in [1.82, 2.24) is 25.7 Å². The lowest BCUT2D eigenvalue weighted by Crippen LogP contribution is -2.52. The van der Waals surface area contributed by atoms with Gasteiger partial charge in [0, 0.05) is 29.0 Å². The second-order valence-electron chi connectivity index (χ2n) is 11.1. The second kappa shape index (κ2) is 14.0. The second-order valence-corrected chi connectivity index (χ2v) is 12.6. The molecule has 3 atom stereocenters. The van der Waals surface area contributed by atoms with Crippen LogP contribution in [-0.4, -0.2) is 64.1 Å². The Balaban J connectivity index is 1.71. The molecule has 0 aliphatic heterocycles. The number of amides is 2. The number of nitrogens with one attached hydrogen (secondary N) is 2. The van der Waals surface area contributed by atoms with Gasteiger partial charge in [-0.2, -0.15) is 0 Å². The molecule has 9 nitrogen and oxygen atoms in total. The number of thioether (sulfide) groups is 1. The average molecular weight is 562 g/mol. The van der Waals surface area contributed by atoms with Gasteiger partial charge in [-0.25, -0.2) is 4.39 Å². The Labute approximate surface area is 234 Å². The van der Waals surface area contributed by atoms with E-state index in [1.807, 2.05) is 46.7 Å². The Morgan fingerprint density at radius 2 is 1.85 bits per heavy atom. The molecule has 1 aliphatic carbocycles. The number of hydrogen-bond donors (Lipinski definition) is 2. The number of carbonyl (C=O) groups excluding carboxylic acids is 3. The van der Waals surface area contributed by atoms with Gasteiger partial charge in [-0.15, -0.1) is 10.2 Å². The molecule has 0 radical (unpaired) electrons. The molecule has 0 spiro atoms. The van der Waals surface area contributed by atoms with Crippen LogP contribution in [0.25, 0.3) is 0 Å². The van der Waals surface area contributed by atoms with Gasteiger partial charge in [0.05, 0.1) is 12.0 Å². The lowest BCUT2D eigenvalue weighted by molar-refractivity contribution is -0.127. The minimum absolute atomic E-state index is 0.124. The predicted molar refractivity (Wildman–Crippen MR) is 148 cm³/mol. The van der Waals surface area contributed by atoms with Crippen molar-refractivity contribution in [1.29, 1.82) is 0 Å². The van der Waals surface area contributed by atoms with Crippen molar-refractivity contribution < 1.29 is 23.2 Å². The standard InChI is InChI=1S/C28H40FN5O4S/c1-16(2)13-23(24(35)27-32-33-28(38-27)39-17(3)4)31-26(37)20-9-7-8-10-22(20)30-25(36)18-11-12-19(15-34(5)6)21(29)14-18/h11-12,14,16-17,20,22-23H,7-10,13,15H2,1-6H3,(H,30,36)(H,31,37)/t20-,22+,23?/m1/s1. The van der Waals surface area contributed by atoms with E-state index in [2.05, 4.69) is 20.8 Å². The van der Waals surface area contributed by atoms with Gasteiger partial charge in [-0.3, -0.25) is 14.4 Å². The van der Waals surface area contributed by atoms with Gasteiger partial charge in [0.25, 0.3) is 17.0 Å². The Morgan fingerprint density at radius 1 is 1.13 bits per heavy atom. The molecule has 2 amide bonds. The van der Waals surface area contributed by atoms with Crippen LogP contribution in [0.1, 0.15) is 86.4 Å². The Hall–Kier alpha value is -2.79. The smallest absolute Gasteiger partial charge is 0.286 e. The first-order chi connectivity index (χ1) is 18.4. The lowest BCUT2D eigenvalue weighted by Gasteiger charge is -2.32. The van der Waals surface area contributed by atoms with Crippen LogP contribution in [-0.2, 0) is 11.3 Å². The molecule has 214 valence electrons. The molecule has 1 heterocycles. The summed E-state index contributed by atoms with van der Waals surface area (Å²) in [5.74, 6) is -2.12. The van der Waals surface area contributed by atoms with Gasteiger partial charge < -0.3 is 20.0 Å². The Kier molecular flexibility index (Phi) is 11.1. The predicted octanol–water partition coefficient (Wildman–Crippen LogP) is 4.47. The van der Waals surface area contributed by atoms with Crippen LogP contribution in [0, 0.1) is 17.7 Å². The number of benzene rings is 1. The van der Waals surface area contributed by atoms with Crippen molar-refractivity contribution >= 4 is 29.4 Å².